The molecular formula is C23H17F3N4OS. The minimum Gasteiger partial charge on any atom is -0.331 e. The number of aryl methyl sites for hydroxylation is 1. The molecule has 4 aromatic rings. The van der Waals surface area contributed by atoms with Crippen molar-refractivity contribution in [1.82, 2.24) is 9.97 Å². The van der Waals surface area contributed by atoms with Gasteiger partial charge in [0.25, 0.3) is 5.91 Å². The topological polar surface area (TPSA) is 66.9 Å². The van der Waals surface area contributed by atoms with Crippen LogP contribution in [0, 0.1) is 6.92 Å². The van der Waals surface area contributed by atoms with E-state index in [1.165, 1.54) is 23.5 Å². The Balaban J connectivity index is 1.51. The molecule has 1 amide bonds. The lowest BCUT2D eigenvalue weighted by Gasteiger charge is -2.12. The van der Waals surface area contributed by atoms with Crippen LogP contribution in [0.3, 0.4) is 0 Å². The number of pyridine rings is 1. The van der Waals surface area contributed by atoms with Crippen molar-refractivity contribution in [3.8, 4) is 11.3 Å². The van der Waals surface area contributed by atoms with E-state index in [2.05, 4.69) is 20.6 Å². The zero-order valence-electron chi connectivity index (χ0n) is 16.8. The SMILES string of the molecule is Cc1ccc(NC(=O)c2cccc(C(F)(F)F)c2)cc1Nc1nc(-c2cccnc2)cs1. The van der Waals surface area contributed by atoms with Gasteiger partial charge in [0.2, 0.25) is 0 Å². The molecule has 0 saturated carbocycles. The molecule has 0 unspecified atom stereocenters. The van der Waals surface area contributed by atoms with Crippen LogP contribution >= 0.6 is 11.3 Å². The Labute approximate surface area is 186 Å². The van der Waals surface area contributed by atoms with Gasteiger partial charge in [-0.3, -0.25) is 9.78 Å². The van der Waals surface area contributed by atoms with Gasteiger partial charge in [0.1, 0.15) is 0 Å². The molecule has 0 aliphatic carbocycles. The highest BCUT2D eigenvalue weighted by Gasteiger charge is 2.30. The summed E-state index contributed by atoms with van der Waals surface area (Å²) in [5.74, 6) is -0.626. The summed E-state index contributed by atoms with van der Waals surface area (Å²) in [5, 5.41) is 8.45. The Morgan fingerprint density at radius 1 is 1.06 bits per heavy atom. The summed E-state index contributed by atoms with van der Waals surface area (Å²) in [6.45, 7) is 1.90. The molecule has 2 aromatic carbocycles. The number of amides is 1. The van der Waals surface area contributed by atoms with Crippen LogP contribution in [0.25, 0.3) is 11.3 Å². The third kappa shape index (κ3) is 4.94. The minimum atomic E-state index is -4.51. The minimum absolute atomic E-state index is 0.0732. The van der Waals surface area contributed by atoms with Crippen LogP contribution in [0.4, 0.5) is 29.7 Å². The number of hydrogen-bond acceptors (Lipinski definition) is 5. The number of halogens is 3. The quantitative estimate of drug-likeness (QED) is 0.360. The molecule has 0 bridgehead atoms. The molecule has 0 saturated heterocycles. The molecule has 0 aliphatic heterocycles. The van der Waals surface area contributed by atoms with Crippen LogP contribution < -0.4 is 10.6 Å². The zero-order valence-corrected chi connectivity index (χ0v) is 17.6. The number of nitrogens with one attached hydrogen (secondary N) is 2. The fourth-order valence-electron chi connectivity index (χ4n) is 2.97. The van der Waals surface area contributed by atoms with Gasteiger partial charge >= 0.3 is 6.18 Å². The summed E-state index contributed by atoms with van der Waals surface area (Å²) in [5.41, 5.74) is 2.83. The molecule has 0 radical (unpaired) electrons. The molecule has 32 heavy (non-hydrogen) atoms. The van der Waals surface area contributed by atoms with E-state index in [-0.39, 0.29) is 5.56 Å². The molecule has 0 aliphatic rings. The van der Waals surface area contributed by atoms with Crippen molar-refractivity contribution in [1.29, 1.82) is 0 Å². The highest BCUT2D eigenvalue weighted by molar-refractivity contribution is 7.14. The number of anilines is 3. The Morgan fingerprint density at radius 2 is 1.91 bits per heavy atom. The number of alkyl halides is 3. The van der Waals surface area contributed by atoms with Crippen LogP contribution in [0.2, 0.25) is 0 Å². The molecule has 4 rings (SSSR count). The molecule has 0 spiro atoms. The normalized spacial score (nSPS) is 11.2. The maximum absolute atomic E-state index is 12.9. The van der Waals surface area contributed by atoms with Crippen LogP contribution in [0.1, 0.15) is 21.5 Å². The van der Waals surface area contributed by atoms with Crippen molar-refractivity contribution in [2.75, 3.05) is 10.6 Å². The molecule has 2 aromatic heterocycles. The maximum Gasteiger partial charge on any atom is 0.416 e. The van der Waals surface area contributed by atoms with E-state index in [1.54, 1.807) is 30.6 Å². The highest BCUT2D eigenvalue weighted by Crippen LogP contribution is 2.31. The van der Waals surface area contributed by atoms with Crippen LogP contribution in [0.15, 0.2) is 72.4 Å². The molecule has 162 valence electrons. The van der Waals surface area contributed by atoms with E-state index >= 15 is 0 Å². The molecule has 2 N–H and O–H groups in total. The van der Waals surface area contributed by atoms with Crippen molar-refractivity contribution in [2.24, 2.45) is 0 Å². The number of carbonyl (C=O) groups is 1. The first-order valence-corrected chi connectivity index (χ1v) is 10.4. The maximum atomic E-state index is 12.9. The average Bonchev–Trinajstić information content (AvgIpc) is 3.25. The van der Waals surface area contributed by atoms with Gasteiger partial charge in [0.05, 0.1) is 11.3 Å². The molecule has 2 heterocycles. The van der Waals surface area contributed by atoms with Crippen molar-refractivity contribution < 1.29 is 18.0 Å². The number of carbonyl (C=O) groups excluding carboxylic acids is 1. The van der Waals surface area contributed by atoms with E-state index in [0.29, 0.717) is 10.8 Å². The molecular weight excluding hydrogens is 437 g/mol. The average molecular weight is 454 g/mol. The molecule has 0 atom stereocenters. The number of rotatable bonds is 5. The third-order valence-corrected chi connectivity index (χ3v) is 5.41. The fourth-order valence-corrected chi connectivity index (χ4v) is 3.70. The van der Waals surface area contributed by atoms with Crippen LogP contribution in [-0.4, -0.2) is 15.9 Å². The lowest BCUT2D eigenvalue weighted by molar-refractivity contribution is -0.137. The van der Waals surface area contributed by atoms with E-state index < -0.39 is 17.6 Å². The number of nitrogens with zero attached hydrogens (tertiary/aromatic N) is 2. The second-order valence-electron chi connectivity index (χ2n) is 6.97. The summed E-state index contributed by atoms with van der Waals surface area (Å²) in [6, 6.07) is 13.3. The van der Waals surface area contributed by atoms with Gasteiger partial charge in [-0.1, -0.05) is 12.1 Å². The standard InChI is InChI=1S/C23H17F3N4OS/c1-14-7-8-18(28-21(31)15-4-2-6-17(10-15)23(24,25)26)11-19(14)29-22-30-20(13-32-22)16-5-3-9-27-12-16/h2-13H,1H3,(H,28,31)(H,29,30). The summed E-state index contributed by atoms with van der Waals surface area (Å²) in [4.78, 5) is 21.1. The lowest BCUT2D eigenvalue weighted by Crippen LogP contribution is -2.14. The number of benzene rings is 2. The fraction of sp³-hybridized carbons (Fsp3) is 0.0870. The summed E-state index contributed by atoms with van der Waals surface area (Å²) in [6.07, 6.45) is -1.09. The summed E-state index contributed by atoms with van der Waals surface area (Å²) >= 11 is 1.42. The predicted octanol–water partition coefficient (Wildman–Crippen LogP) is 6.53. The highest BCUT2D eigenvalue weighted by atomic mass is 32.1. The van der Waals surface area contributed by atoms with Gasteiger partial charge in [0.15, 0.2) is 5.13 Å². The largest absolute Gasteiger partial charge is 0.416 e. The van der Waals surface area contributed by atoms with Crippen LogP contribution in [0.5, 0.6) is 0 Å². The number of hydrogen-bond donors (Lipinski definition) is 2. The monoisotopic (exact) mass is 454 g/mol. The van der Waals surface area contributed by atoms with E-state index in [0.717, 1.165) is 34.6 Å². The van der Waals surface area contributed by atoms with Crippen molar-refractivity contribution >= 4 is 33.8 Å². The third-order valence-electron chi connectivity index (χ3n) is 4.65. The van der Waals surface area contributed by atoms with Gasteiger partial charge in [-0.2, -0.15) is 13.2 Å². The zero-order chi connectivity index (χ0) is 22.7. The molecule has 5 nitrogen and oxygen atoms in total. The molecule has 0 fully saturated rings. The van der Waals surface area contributed by atoms with Crippen molar-refractivity contribution in [2.45, 2.75) is 13.1 Å². The first-order chi connectivity index (χ1) is 15.3. The Hall–Kier alpha value is -3.72. The van der Waals surface area contributed by atoms with E-state index in [1.807, 2.05) is 24.4 Å². The van der Waals surface area contributed by atoms with Crippen molar-refractivity contribution in [3.05, 3.63) is 89.1 Å². The second kappa shape index (κ2) is 8.80. The summed E-state index contributed by atoms with van der Waals surface area (Å²) in [7, 11) is 0. The predicted molar refractivity (Wildman–Crippen MR) is 119 cm³/mol. The first-order valence-electron chi connectivity index (χ1n) is 9.52. The van der Waals surface area contributed by atoms with Gasteiger partial charge in [-0.15, -0.1) is 11.3 Å². The second-order valence-corrected chi connectivity index (χ2v) is 7.83. The number of thiazole rings is 1. The number of aromatic nitrogens is 2. The Morgan fingerprint density at radius 3 is 2.66 bits per heavy atom. The first kappa shape index (κ1) is 21.5. The smallest absolute Gasteiger partial charge is 0.331 e. The van der Waals surface area contributed by atoms with Gasteiger partial charge in [-0.05, 0) is 55.0 Å². The van der Waals surface area contributed by atoms with Gasteiger partial charge < -0.3 is 10.6 Å². The van der Waals surface area contributed by atoms with Gasteiger partial charge in [-0.25, -0.2) is 4.98 Å². The van der Waals surface area contributed by atoms with E-state index in [4.69, 9.17) is 0 Å². The van der Waals surface area contributed by atoms with E-state index in [9.17, 15) is 18.0 Å². The van der Waals surface area contributed by atoms with Gasteiger partial charge in [0, 0.05) is 40.3 Å². The van der Waals surface area contributed by atoms with Crippen molar-refractivity contribution in [3.63, 3.8) is 0 Å². The Bertz CT molecular complexity index is 1260. The van der Waals surface area contributed by atoms with Crippen LogP contribution in [-0.2, 0) is 6.18 Å². The molecule has 9 heteroatoms. The lowest BCUT2D eigenvalue weighted by atomic mass is 10.1. The summed E-state index contributed by atoms with van der Waals surface area (Å²) < 4.78 is 38.8. The Kier molecular flexibility index (Phi) is 5.91.